The van der Waals surface area contributed by atoms with Gasteiger partial charge in [0.2, 0.25) is 0 Å². The lowest BCUT2D eigenvalue weighted by Crippen LogP contribution is -2.39. The molecule has 0 spiro atoms. The number of ketones is 1. The average Bonchev–Trinajstić information content (AvgIpc) is 2.39. The van der Waals surface area contributed by atoms with Crippen LogP contribution >= 0.6 is 0 Å². The van der Waals surface area contributed by atoms with Crippen molar-refractivity contribution in [3.8, 4) is 0 Å². The van der Waals surface area contributed by atoms with E-state index in [1.54, 1.807) is 0 Å². The number of carbonyl (C=O) groups is 1. The lowest BCUT2D eigenvalue weighted by Gasteiger charge is -2.34. The Balaban J connectivity index is 3.17. The van der Waals surface area contributed by atoms with E-state index in [2.05, 4.69) is 0 Å². The van der Waals surface area contributed by atoms with Gasteiger partial charge in [-0.3, -0.25) is 4.79 Å². The topological polar surface area (TPSA) is 37.3 Å². The largest absolute Gasteiger partial charge is 0.389 e. The molecular formula is C15H22O2. The molecule has 1 rings (SSSR count). The van der Waals surface area contributed by atoms with E-state index in [0.29, 0.717) is 19.3 Å². The van der Waals surface area contributed by atoms with Gasteiger partial charge in [0.1, 0.15) is 5.78 Å². The fourth-order valence-corrected chi connectivity index (χ4v) is 2.30. The molecule has 1 aromatic rings. The van der Waals surface area contributed by atoms with E-state index >= 15 is 0 Å². The summed E-state index contributed by atoms with van der Waals surface area (Å²) in [6.45, 7) is 5.72. The second kappa shape index (κ2) is 5.97. The summed E-state index contributed by atoms with van der Waals surface area (Å²) in [5.41, 5.74) is -0.000370. The number of hydrogen-bond acceptors (Lipinski definition) is 2. The normalized spacial score (nSPS) is 13.4. The molecule has 0 bridgehead atoms. The van der Waals surface area contributed by atoms with Crippen LogP contribution in [0.25, 0.3) is 0 Å². The van der Waals surface area contributed by atoms with E-state index in [9.17, 15) is 9.90 Å². The Morgan fingerprint density at radius 2 is 1.71 bits per heavy atom. The summed E-state index contributed by atoms with van der Waals surface area (Å²) in [7, 11) is 0. The molecule has 0 saturated carbocycles. The van der Waals surface area contributed by atoms with Gasteiger partial charge in [-0.25, -0.2) is 0 Å². The molecule has 0 amide bonds. The molecule has 2 heteroatoms. The Morgan fingerprint density at radius 1 is 1.18 bits per heavy atom. The maximum absolute atomic E-state index is 12.1. The number of benzene rings is 1. The van der Waals surface area contributed by atoms with Gasteiger partial charge in [-0.2, -0.15) is 0 Å². The SMILES string of the molecule is CCC(=O)C(c1ccccc1)C(O)(CC)CC. The summed E-state index contributed by atoms with van der Waals surface area (Å²) in [6, 6.07) is 9.60. The molecule has 0 radical (unpaired) electrons. The number of hydrogen-bond donors (Lipinski definition) is 1. The van der Waals surface area contributed by atoms with Gasteiger partial charge in [0.15, 0.2) is 0 Å². The van der Waals surface area contributed by atoms with Crippen molar-refractivity contribution in [3.63, 3.8) is 0 Å². The summed E-state index contributed by atoms with van der Waals surface area (Å²) in [6.07, 6.45) is 1.64. The van der Waals surface area contributed by atoms with E-state index in [1.807, 2.05) is 51.1 Å². The first-order chi connectivity index (χ1) is 8.09. The zero-order valence-corrected chi connectivity index (χ0v) is 10.9. The Kier molecular flexibility index (Phi) is 4.88. The first-order valence-corrected chi connectivity index (χ1v) is 6.39. The Hall–Kier alpha value is -1.15. The van der Waals surface area contributed by atoms with Crippen LogP contribution in [0.1, 0.15) is 51.5 Å². The molecule has 0 fully saturated rings. The molecule has 0 saturated heterocycles. The third kappa shape index (κ3) is 2.95. The van der Waals surface area contributed by atoms with Gasteiger partial charge in [0.25, 0.3) is 0 Å². The van der Waals surface area contributed by atoms with Crippen LogP contribution in [0.2, 0.25) is 0 Å². The second-order valence-corrected chi connectivity index (χ2v) is 4.47. The minimum Gasteiger partial charge on any atom is -0.389 e. The predicted molar refractivity (Wildman–Crippen MR) is 70.0 cm³/mol. The highest BCUT2D eigenvalue weighted by atomic mass is 16.3. The zero-order valence-electron chi connectivity index (χ0n) is 10.9. The minimum absolute atomic E-state index is 0.113. The van der Waals surface area contributed by atoms with Crippen LogP contribution in [0, 0.1) is 0 Å². The van der Waals surface area contributed by atoms with Gasteiger partial charge in [-0.05, 0) is 18.4 Å². The van der Waals surface area contributed by atoms with E-state index in [-0.39, 0.29) is 5.78 Å². The molecule has 0 aliphatic carbocycles. The lowest BCUT2D eigenvalue weighted by molar-refractivity contribution is -0.127. The molecule has 1 unspecified atom stereocenters. The quantitative estimate of drug-likeness (QED) is 0.820. The van der Waals surface area contributed by atoms with Gasteiger partial charge < -0.3 is 5.11 Å². The number of rotatable bonds is 6. The monoisotopic (exact) mass is 234 g/mol. The van der Waals surface area contributed by atoms with Gasteiger partial charge in [0, 0.05) is 6.42 Å². The fraction of sp³-hybridized carbons (Fsp3) is 0.533. The van der Waals surface area contributed by atoms with Gasteiger partial charge >= 0.3 is 0 Å². The fourth-order valence-electron chi connectivity index (χ4n) is 2.30. The van der Waals surface area contributed by atoms with Crippen LogP contribution in [-0.4, -0.2) is 16.5 Å². The maximum Gasteiger partial charge on any atom is 0.142 e. The molecule has 0 aromatic heterocycles. The Morgan fingerprint density at radius 3 is 2.12 bits per heavy atom. The van der Waals surface area contributed by atoms with E-state index in [1.165, 1.54) is 0 Å². The summed E-state index contributed by atoms with van der Waals surface area (Å²) in [5, 5.41) is 10.6. The van der Waals surface area contributed by atoms with Gasteiger partial charge in [-0.15, -0.1) is 0 Å². The van der Waals surface area contributed by atoms with Crippen LogP contribution in [0.4, 0.5) is 0 Å². The molecule has 0 aliphatic heterocycles. The van der Waals surface area contributed by atoms with E-state index in [4.69, 9.17) is 0 Å². The van der Waals surface area contributed by atoms with Crippen molar-refractivity contribution in [1.82, 2.24) is 0 Å². The molecular weight excluding hydrogens is 212 g/mol. The Labute approximate surface area is 104 Å². The van der Waals surface area contributed by atoms with Crippen LogP contribution in [0.3, 0.4) is 0 Å². The van der Waals surface area contributed by atoms with Crippen molar-refractivity contribution in [2.75, 3.05) is 0 Å². The zero-order chi connectivity index (χ0) is 12.9. The van der Waals surface area contributed by atoms with Crippen LogP contribution in [0.15, 0.2) is 30.3 Å². The van der Waals surface area contributed by atoms with Crippen LogP contribution in [-0.2, 0) is 4.79 Å². The number of aliphatic hydroxyl groups is 1. The molecule has 1 N–H and O–H groups in total. The number of carbonyl (C=O) groups excluding carboxylic acids is 1. The van der Waals surface area contributed by atoms with Crippen molar-refractivity contribution >= 4 is 5.78 Å². The highest BCUT2D eigenvalue weighted by molar-refractivity contribution is 5.86. The molecule has 17 heavy (non-hydrogen) atoms. The third-order valence-corrected chi connectivity index (χ3v) is 3.57. The standard InChI is InChI=1S/C15H22O2/c1-4-13(16)14(15(17,5-2)6-3)12-10-8-7-9-11-12/h7-11,14,17H,4-6H2,1-3H3. The molecule has 94 valence electrons. The third-order valence-electron chi connectivity index (χ3n) is 3.57. The van der Waals surface area contributed by atoms with Crippen LogP contribution in [0.5, 0.6) is 0 Å². The first kappa shape index (κ1) is 13.9. The van der Waals surface area contributed by atoms with Crippen LogP contribution < -0.4 is 0 Å². The van der Waals surface area contributed by atoms with Crippen molar-refractivity contribution in [2.45, 2.75) is 51.6 Å². The highest BCUT2D eigenvalue weighted by Gasteiger charge is 2.38. The molecule has 0 aliphatic rings. The summed E-state index contributed by atoms with van der Waals surface area (Å²) in [5.74, 6) is -0.286. The molecule has 1 aromatic carbocycles. The second-order valence-electron chi connectivity index (χ2n) is 4.47. The first-order valence-electron chi connectivity index (χ1n) is 6.39. The van der Waals surface area contributed by atoms with E-state index < -0.39 is 11.5 Å². The highest BCUT2D eigenvalue weighted by Crippen LogP contribution is 2.35. The van der Waals surface area contributed by atoms with Gasteiger partial charge in [0.05, 0.1) is 11.5 Å². The number of Topliss-reactive ketones (excluding diaryl/α,β-unsaturated/α-hetero) is 1. The summed E-state index contributed by atoms with van der Waals surface area (Å²) in [4.78, 5) is 12.1. The molecule has 0 heterocycles. The molecule has 2 nitrogen and oxygen atoms in total. The van der Waals surface area contributed by atoms with Crippen molar-refractivity contribution in [3.05, 3.63) is 35.9 Å². The Bertz CT molecular complexity index is 352. The minimum atomic E-state index is -0.922. The summed E-state index contributed by atoms with van der Waals surface area (Å²) >= 11 is 0. The smallest absolute Gasteiger partial charge is 0.142 e. The van der Waals surface area contributed by atoms with Crippen molar-refractivity contribution < 1.29 is 9.90 Å². The van der Waals surface area contributed by atoms with Crippen molar-refractivity contribution in [2.24, 2.45) is 0 Å². The molecule has 1 atom stereocenters. The summed E-state index contributed by atoms with van der Waals surface area (Å²) < 4.78 is 0. The van der Waals surface area contributed by atoms with Gasteiger partial charge in [-0.1, -0.05) is 51.1 Å². The average molecular weight is 234 g/mol. The van der Waals surface area contributed by atoms with Crippen molar-refractivity contribution in [1.29, 1.82) is 0 Å². The maximum atomic E-state index is 12.1. The van der Waals surface area contributed by atoms with E-state index in [0.717, 1.165) is 5.56 Å². The lowest BCUT2D eigenvalue weighted by atomic mass is 9.75. The predicted octanol–water partition coefficient (Wildman–Crippen LogP) is 3.30.